The van der Waals surface area contributed by atoms with E-state index in [2.05, 4.69) is 30.6 Å². The van der Waals surface area contributed by atoms with Crippen LogP contribution in [0.25, 0.3) is 0 Å². The minimum atomic E-state index is -4.85. The van der Waals surface area contributed by atoms with E-state index in [1.807, 2.05) is 60.3 Å². The molecule has 6 rings (SSSR count). The third-order valence-electron chi connectivity index (χ3n) is 11.2. The van der Waals surface area contributed by atoms with Crippen LogP contribution in [0.4, 0.5) is 37.7 Å². The second-order valence-electron chi connectivity index (χ2n) is 14.9. The minimum Gasteiger partial charge on any atom is -0.369 e. The number of alkyl halides is 6. The maximum absolute atomic E-state index is 15.3. The van der Waals surface area contributed by atoms with Crippen LogP contribution in [0.15, 0.2) is 36.4 Å². The summed E-state index contributed by atoms with van der Waals surface area (Å²) >= 11 is 25.2. The van der Waals surface area contributed by atoms with Gasteiger partial charge >= 0.3 is 12.4 Å². The molecule has 60 heavy (non-hydrogen) atoms. The summed E-state index contributed by atoms with van der Waals surface area (Å²) in [5.41, 5.74) is 1.13. The highest BCUT2D eigenvalue weighted by molar-refractivity contribution is 6.32. The van der Waals surface area contributed by atoms with Gasteiger partial charge in [-0.25, -0.2) is 0 Å². The molecule has 2 N–H and O–H groups in total. The Kier molecular flexibility index (Phi) is 14.6. The number of Topliss-reactive ketones (excluding diaryl/α,β-unsaturated/α-hetero) is 1. The number of ketones is 1. The van der Waals surface area contributed by atoms with Crippen LogP contribution in [-0.2, 0) is 43.3 Å². The molecule has 11 nitrogen and oxygen atoms in total. The third kappa shape index (κ3) is 10.1. The number of rotatable bonds is 14. The Morgan fingerprint density at radius 2 is 0.983 bits per heavy atom. The number of carbonyl (C=O) groups excluding carboxylic acids is 1. The van der Waals surface area contributed by atoms with Gasteiger partial charge in [0.25, 0.3) is 0 Å². The topological polar surface area (TPSA) is 89.7 Å². The summed E-state index contributed by atoms with van der Waals surface area (Å²) in [6.07, 6.45) is -9.70. The molecule has 2 aromatic heterocycles. The van der Waals surface area contributed by atoms with Gasteiger partial charge in [-0.15, -0.1) is 0 Å². The number of anilines is 2. The first-order chi connectivity index (χ1) is 28.3. The van der Waals surface area contributed by atoms with Crippen LogP contribution in [0.2, 0.25) is 20.1 Å². The Hall–Kier alpha value is -3.29. The number of carbonyl (C=O) groups is 1. The van der Waals surface area contributed by atoms with Gasteiger partial charge in [0.1, 0.15) is 0 Å². The summed E-state index contributed by atoms with van der Waals surface area (Å²) in [4.78, 5) is 23.4. The lowest BCUT2D eigenvalue weighted by molar-refractivity contribution is -0.142. The highest BCUT2D eigenvalue weighted by Gasteiger charge is 2.43. The standard InChI is InChI=1S/C39H46Cl4F6N10O/c1-23-33(42)36(38(44,45)46)52-58(23)21-31(56-13-9-54(10-14-56)27-5-7-29(40)25(17-27)19-50-3)35(60)32(22-59-24(2)34(43)37(53-59)39(47,48)49)57-15-11-55(12-16-57)28-6-8-30(41)26(18-28)20-51-4/h5-8,17-18,31-32,50-51H,9-16,19-22H2,1-4H3. The van der Waals surface area contributed by atoms with Crippen LogP contribution in [0, 0.1) is 13.8 Å². The zero-order valence-electron chi connectivity index (χ0n) is 33.4. The van der Waals surface area contributed by atoms with E-state index in [1.54, 1.807) is 0 Å². The van der Waals surface area contributed by atoms with Gasteiger partial charge in [-0.3, -0.25) is 24.0 Å². The predicted molar refractivity (Wildman–Crippen MR) is 223 cm³/mol. The van der Waals surface area contributed by atoms with E-state index in [-0.39, 0.29) is 24.5 Å². The number of benzene rings is 2. The van der Waals surface area contributed by atoms with Gasteiger partial charge in [0, 0.05) is 86.9 Å². The Morgan fingerprint density at radius 3 is 1.28 bits per heavy atom. The summed E-state index contributed by atoms with van der Waals surface area (Å²) in [7, 11) is 3.63. The largest absolute Gasteiger partial charge is 0.436 e. The van der Waals surface area contributed by atoms with Crippen molar-refractivity contribution in [2.24, 2.45) is 0 Å². The molecule has 2 fully saturated rings. The van der Waals surface area contributed by atoms with Crippen molar-refractivity contribution in [2.45, 2.75) is 64.5 Å². The van der Waals surface area contributed by atoms with Crippen LogP contribution in [0.1, 0.15) is 33.9 Å². The van der Waals surface area contributed by atoms with Crippen molar-refractivity contribution < 1.29 is 31.1 Å². The molecule has 2 unspecified atom stereocenters. The van der Waals surface area contributed by atoms with Crippen molar-refractivity contribution in [3.63, 3.8) is 0 Å². The normalized spacial score (nSPS) is 17.1. The molecule has 4 aromatic rings. The monoisotopic (exact) mass is 924 g/mol. The molecule has 2 aliphatic rings. The molecule has 2 aliphatic heterocycles. The molecule has 2 saturated heterocycles. The van der Waals surface area contributed by atoms with Crippen molar-refractivity contribution in [3.8, 4) is 0 Å². The van der Waals surface area contributed by atoms with Gasteiger partial charge in [-0.05, 0) is 75.5 Å². The first kappa shape index (κ1) is 46.2. The molecule has 21 heteroatoms. The number of hydrogen-bond acceptors (Lipinski definition) is 9. The SMILES string of the molecule is CNCc1cc(N2CCN(C(Cn3nc(C(F)(F)F)c(Cl)c3C)C(=O)C(Cn3nc(C(F)(F)F)c(Cl)c3C)N3CCN(c4ccc(Cl)c(CNC)c4)CC3)CC2)ccc1Cl. The first-order valence-electron chi connectivity index (χ1n) is 19.3. The van der Waals surface area contributed by atoms with Gasteiger partial charge in [0.05, 0.1) is 46.6 Å². The molecule has 328 valence electrons. The Morgan fingerprint density at radius 1 is 0.633 bits per heavy atom. The predicted octanol–water partition coefficient (Wildman–Crippen LogP) is 7.44. The van der Waals surface area contributed by atoms with Crippen LogP contribution in [-0.4, -0.2) is 114 Å². The maximum Gasteiger partial charge on any atom is 0.436 e. The lowest BCUT2D eigenvalue weighted by Gasteiger charge is -2.44. The van der Waals surface area contributed by atoms with Gasteiger partial charge in [0.15, 0.2) is 17.2 Å². The lowest BCUT2D eigenvalue weighted by Crippen LogP contribution is -2.61. The van der Waals surface area contributed by atoms with E-state index in [9.17, 15) is 26.3 Å². The number of aromatic nitrogens is 4. The summed E-state index contributed by atoms with van der Waals surface area (Å²) in [6, 6.07) is 9.28. The van der Waals surface area contributed by atoms with E-state index >= 15 is 4.79 Å². The smallest absolute Gasteiger partial charge is 0.369 e. The number of nitrogens with zero attached hydrogens (tertiary/aromatic N) is 8. The molecular weight excluding hydrogens is 880 g/mol. The Bertz CT molecular complexity index is 2000. The minimum absolute atomic E-state index is 0.0222. The van der Waals surface area contributed by atoms with E-state index < -0.39 is 51.7 Å². The Labute approximate surface area is 364 Å². The van der Waals surface area contributed by atoms with Gasteiger partial charge in [-0.1, -0.05) is 46.4 Å². The molecule has 2 aromatic carbocycles. The number of nitrogens with one attached hydrogen (secondary N) is 2. The van der Waals surface area contributed by atoms with Crippen molar-refractivity contribution in [2.75, 3.05) is 76.3 Å². The molecule has 2 atom stereocenters. The van der Waals surface area contributed by atoms with E-state index in [0.29, 0.717) is 75.5 Å². The van der Waals surface area contributed by atoms with Crippen LogP contribution >= 0.6 is 46.4 Å². The second kappa shape index (κ2) is 19.0. The molecule has 4 heterocycles. The third-order valence-corrected chi connectivity index (χ3v) is 12.8. The highest BCUT2D eigenvalue weighted by atomic mass is 35.5. The average Bonchev–Trinajstić information content (AvgIpc) is 3.67. The molecule has 0 amide bonds. The van der Waals surface area contributed by atoms with E-state index in [1.165, 1.54) is 13.8 Å². The lowest BCUT2D eigenvalue weighted by atomic mass is 9.99. The van der Waals surface area contributed by atoms with Gasteiger partial charge in [-0.2, -0.15) is 36.5 Å². The van der Waals surface area contributed by atoms with Crippen LogP contribution < -0.4 is 20.4 Å². The van der Waals surface area contributed by atoms with Crippen molar-refractivity contribution in [3.05, 3.63) is 90.4 Å². The fourth-order valence-electron chi connectivity index (χ4n) is 7.84. The zero-order valence-corrected chi connectivity index (χ0v) is 36.4. The van der Waals surface area contributed by atoms with Gasteiger partial charge < -0.3 is 20.4 Å². The second-order valence-corrected chi connectivity index (χ2v) is 16.5. The van der Waals surface area contributed by atoms with Crippen LogP contribution in [0.5, 0.6) is 0 Å². The molecule has 0 aliphatic carbocycles. The van der Waals surface area contributed by atoms with Crippen molar-refractivity contribution in [1.82, 2.24) is 40.0 Å². The summed E-state index contributed by atoms with van der Waals surface area (Å²) in [5, 5.41) is 13.9. The van der Waals surface area contributed by atoms with Crippen molar-refractivity contribution >= 4 is 63.6 Å². The molecule has 0 spiro atoms. The average molecular weight is 927 g/mol. The summed E-state index contributed by atoms with van der Waals surface area (Å²) < 4.78 is 86.4. The van der Waals surface area contributed by atoms with Crippen molar-refractivity contribution in [1.29, 1.82) is 0 Å². The number of hydrogen-bond donors (Lipinski definition) is 2. The van der Waals surface area contributed by atoms with E-state index in [0.717, 1.165) is 31.9 Å². The maximum atomic E-state index is 15.3. The molecule has 0 radical (unpaired) electrons. The fourth-order valence-corrected chi connectivity index (χ4v) is 8.69. The number of piperazine rings is 2. The number of halogens is 10. The molecular formula is C39H46Cl4F6N10O. The van der Waals surface area contributed by atoms with E-state index in [4.69, 9.17) is 46.4 Å². The molecule has 0 saturated carbocycles. The Balaban J connectivity index is 1.35. The highest BCUT2D eigenvalue weighted by Crippen LogP contribution is 2.37. The van der Waals surface area contributed by atoms with Crippen LogP contribution in [0.3, 0.4) is 0 Å². The fraction of sp³-hybridized carbons (Fsp3) is 0.513. The molecule has 0 bridgehead atoms. The summed E-state index contributed by atoms with van der Waals surface area (Å²) in [6.45, 7) is 6.46. The summed E-state index contributed by atoms with van der Waals surface area (Å²) in [5.74, 6) is -0.415. The zero-order chi connectivity index (χ0) is 43.7. The first-order valence-corrected chi connectivity index (χ1v) is 20.8. The quantitative estimate of drug-likeness (QED) is 0.126. The van der Waals surface area contributed by atoms with Gasteiger partial charge in [0.2, 0.25) is 0 Å².